The van der Waals surface area contributed by atoms with E-state index in [4.69, 9.17) is 10.00 Å². The minimum Gasteiger partial charge on any atom is -0.488 e. The minimum atomic E-state index is -0.727. The number of ether oxygens (including phenoxy) is 1. The second-order valence-corrected chi connectivity index (χ2v) is 4.14. The molecule has 16 heavy (non-hydrogen) atoms. The molecule has 0 aliphatic carbocycles. The van der Waals surface area contributed by atoms with Crippen LogP contribution in [0.1, 0.15) is 20.3 Å². The van der Waals surface area contributed by atoms with Gasteiger partial charge in [0.05, 0.1) is 18.1 Å². The Kier molecular flexibility index (Phi) is 3.83. The van der Waals surface area contributed by atoms with Crippen LogP contribution in [0.15, 0.2) is 18.2 Å². The molecule has 0 atom stereocenters. The van der Waals surface area contributed by atoms with Crippen molar-refractivity contribution in [3.8, 4) is 11.8 Å². The molecule has 0 aliphatic heterocycles. The zero-order valence-electron chi connectivity index (χ0n) is 9.26. The van der Waals surface area contributed by atoms with Crippen LogP contribution in [0.5, 0.6) is 5.75 Å². The second kappa shape index (κ2) is 4.93. The lowest BCUT2D eigenvalue weighted by Crippen LogP contribution is -2.14. The van der Waals surface area contributed by atoms with Crippen molar-refractivity contribution in [3.63, 3.8) is 0 Å². The van der Waals surface area contributed by atoms with Crippen molar-refractivity contribution >= 4 is 0 Å². The SMILES string of the molecule is CC(C)(C#N)CCOc1c(F)cccc1F. The first kappa shape index (κ1) is 12.4. The van der Waals surface area contributed by atoms with E-state index in [1.165, 1.54) is 6.07 Å². The largest absolute Gasteiger partial charge is 0.488 e. The lowest BCUT2D eigenvalue weighted by atomic mass is 9.92. The van der Waals surface area contributed by atoms with Crippen LogP contribution < -0.4 is 4.74 Å². The van der Waals surface area contributed by atoms with Gasteiger partial charge in [0.2, 0.25) is 0 Å². The number of rotatable bonds is 4. The van der Waals surface area contributed by atoms with Crippen LogP contribution in [0.3, 0.4) is 0 Å². The molecule has 2 nitrogen and oxygen atoms in total. The minimum absolute atomic E-state index is 0.110. The molecular weight excluding hydrogens is 212 g/mol. The molecule has 0 aromatic heterocycles. The van der Waals surface area contributed by atoms with Crippen LogP contribution in [-0.4, -0.2) is 6.61 Å². The van der Waals surface area contributed by atoms with E-state index in [2.05, 4.69) is 6.07 Å². The average Bonchev–Trinajstić information content (AvgIpc) is 2.22. The van der Waals surface area contributed by atoms with E-state index in [0.717, 1.165) is 12.1 Å². The summed E-state index contributed by atoms with van der Waals surface area (Å²) in [6, 6.07) is 5.63. The second-order valence-electron chi connectivity index (χ2n) is 4.14. The van der Waals surface area contributed by atoms with E-state index >= 15 is 0 Å². The Hall–Kier alpha value is -1.63. The third kappa shape index (κ3) is 3.20. The fraction of sp³-hybridized carbons (Fsp3) is 0.417. The van der Waals surface area contributed by atoms with Crippen LogP contribution in [-0.2, 0) is 0 Å². The van der Waals surface area contributed by atoms with Crippen molar-refractivity contribution in [2.45, 2.75) is 20.3 Å². The maximum Gasteiger partial charge on any atom is 0.190 e. The van der Waals surface area contributed by atoms with Crippen LogP contribution >= 0.6 is 0 Å². The van der Waals surface area contributed by atoms with Crippen LogP contribution in [0.4, 0.5) is 8.78 Å². The molecule has 1 aromatic rings. The van der Waals surface area contributed by atoms with Crippen molar-refractivity contribution < 1.29 is 13.5 Å². The zero-order valence-corrected chi connectivity index (χ0v) is 9.26. The van der Waals surface area contributed by atoms with Crippen molar-refractivity contribution in [3.05, 3.63) is 29.8 Å². The van der Waals surface area contributed by atoms with Crippen LogP contribution in [0.25, 0.3) is 0 Å². The molecule has 0 saturated carbocycles. The molecular formula is C12H13F2NO. The summed E-state index contributed by atoms with van der Waals surface area (Å²) in [6.07, 6.45) is 0.414. The number of nitrogens with zero attached hydrogens (tertiary/aromatic N) is 1. The number of hydrogen-bond acceptors (Lipinski definition) is 2. The summed E-state index contributed by atoms with van der Waals surface area (Å²) in [5.41, 5.74) is -0.554. The molecule has 0 aliphatic rings. The summed E-state index contributed by atoms with van der Waals surface area (Å²) in [5.74, 6) is -1.83. The summed E-state index contributed by atoms with van der Waals surface area (Å²) in [4.78, 5) is 0. The van der Waals surface area contributed by atoms with Crippen LogP contribution in [0.2, 0.25) is 0 Å². The Morgan fingerprint density at radius 2 is 1.88 bits per heavy atom. The summed E-state index contributed by atoms with van der Waals surface area (Å²) in [7, 11) is 0. The first-order chi connectivity index (χ1) is 7.46. The van der Waals surface area contributed by atoms with Gasteiger partial charge in [0.1, 0.15) is 0 Å². The Morgan fingerprint density at radius 3 is 2.38 bits per heavy atom. The normalized spacial score (nSPS) is 10.9. The van der Waals surface area contributed by atoms with Gasteiger partial charge >= 0.3 is 0 Å². The molecule has 1 aromatic carbocycles. The smallest absolute Gasteiger partial charge is 0.190 e. The molecule has 1 rings (SSSR count). The first-order valence-electron chi connectivity index (χ1n) is 4.94. The molecule has 4 heteroatoms. The Morgan fingerprint density at radius 1 is 1.31 bits per heavy atom. The van der Waals surface area contributed by atoms with Crippen molar-refractivity contribution in [2.24, 2.45) is 5.41 Å². The van der Waals surface area contributed by atoms with Gasteiger partial charge in [-0.25, -0.2) is 8.78 Å². The number of nitriles is 1. The van der Waals surface area contributed by atoms with E-state index in [1.807, 2.05) is 0 Å². The van der Waals surface area contributed by atoms with E-state index in [-0.39, 0.29) is 12.4 Å². The molecule has 0 saturated heterocycles. The Bertz CT molecular complexity index is 390. The number of halogens is 2. The first-order valence-corrected chi connectivity index (χ1v) is 4.94. The van der Waals surface area contributed by atoms with Gasteiger partial charge in [0.25, 0.3) is 0 Å². The Balaban J connectivity index is 2.60. The predicted octanol–water partition coefficient (Wildman–Crippen LogP) is 3.28. The van der Waals surface area contributed by atoms with E-state index in [1.54, 1.807) is 13.8 Å². The summed E-state index contributed by atoms with van der Waals surface area (Å²) in [6.45, 7) is 3.60. The number of para-hydroxylation sites is 1. The standard InChI is InChI=1S/C12H13F2NO/c1-12(2,8-15)6-7-16-11-9(13)4-3-5-10(11)14/h3-5H,6-7H2,1-2H3. The van der Waals surface area contributed by atoms with Gasteiger partial charge in [-0.05, 0) is 32.4 Å². The lowest BCUT2D eigenvalue weighted by molar-refractivity contribution is 0.244. The highest BCUT2D eigenvalue weighted by molar-refractivity contribution is 5.25. The summed E-state index contributed by atoms with van der Waals surface area (Å²) in [5, 5.41) is 8.75. The number of hydrogen-bond donors (Lipinski definition) is 0. The van der Waals surface area contributed by atoms with Gasteiger partial charge in [-0.3, -0.25) is 0 Å². The molecule has 0 amide bonds. The summed E-state index contributed by atoms with van der Waals surface area (Å²) < 4.78 is 31.2. The average molecular weight is 225 g/mol. The summed E-state index contributed by atoms with van der Waals surface area (Å²) >= 11 is 0. The molecule has 0 unspecified atom stereocenters. The third-order valence-corrected chi connectivity index (χ3v) is 2.20. The fourth-order valence-electron chi connectivity index (χ4n) is 1.08. The topological polar surface area (TPSA) is 33.0 Å². The third-order valence-electron chi connectivity index (χ3n) is 2.20. The zero-order chi connectivity index (χ0) is 12.2. The van der Waals surface area contributed by atoms with Gasteiger partial charge in [0, 0.05) is 0 Å². The van der Waals surface area contributed by atoms with Gasteiger partial charge < -0.3 is 4.74 Å². The van der Waals surface area contributed by atoms with Crippen molar-refractivity contribution in [2.75, 3.05) is 6.61 Å². The van der Waals surface area contributed by atoms with Gasteiger partial charge in [-0.2, -0.15) is 5.26 Å². The quantitative estimate of drug-likeness (QED) is 0.787. The molecule has 0 N–H and O–H groups in total. The molecule has 0 spiro atoms. The fourth-order valence-corrected chi connectivity index (χ4v) is 1.08. The van der Waals surface area contributed by atoms with Gasteiger partial charge in [-0.15, -0.1) is 0 Å². The molecule has 0 fully saturated rings. The van der Waals surface area contributed by atoms with Crippen LogP contribution in [0, 0.1) is 28.4 Å². The van der Waals surface area contributed by atoms with Gasteiger partial charge in [0.15, 0.2) is 17.4 Å². The highest BCUT2D eigenvalue weighted by atomic mass is 19.1. The molecule has 0 heterocycles. The monoisotopic (exact) mass is 225 g/mol. The molecule has 86 valence electrons. The maximum atomic E-state index is 13.1. The lowest BCUT2D eigenvalue weighted by Gasteiger charge is -2.15. The number of benzene rings is 1. The van der Waals surface area contributed by atoms with Crippen molar-refractivity contribution in [1.82, 2.24) is 0 Å². The predicted molar refractivity (Wildman–Crippen MR) is 55.9 cm³/mol. The van der Waals surface area contributed by atoms with E-state index in [9.17, 15) is 8.78 Å². The Labute approximate surface area is 93.5 Å². The van der Waals surface area contributed by atoms with E-state index < -0.39 is 17.0 Å². The highest BCUT2D eigenvalue weighted by Crippen LogP contribution is 2.23. The molecule has 0 radical (unpaired) electrons. The molecule has 0 bridgehead atoms. The van der Waals surface area contributed by atoms with E-state index in [0.29, 0.717) is 6.42 Å². The maximum absolute atomic E-state index is 13.1. The van der Waals surface area contributed by atoms with Crippen molar-refractivity contribution in [1.29, 1.82) is 5.26 Å². The highest BCUT2D eigenvalue weighted by Gasteiger charge is 2.17. The van der Waals surface area contributed by atoms with Gasteiger partial charge in [-0.1, -0.05) is 6.07 Å².